The summed E-state index contributed by atoms with van der Waals surface area (Å²) in [7, 11) is 4.07. The molecular weight excluding hydrogens is 361 g/mol. The van der Waals surface area contributed by atoms with Crippen molar-refractivity contribution in [3.8, 4) is 0 Å². The van der Waals surface area contributed by atoms with Crippen molar-refractivity contribution < 1.29 is 9.50 Å². The van der Waals surface area contributed by atoms with Crippen LogP contribution < -0.4 is 0 Å². The molecule has 1 aliphatic rings. The Hall–Kier alpha value is -1.68. The highest BCUT2D eigenvalue weighted by Gasteiger charge is 2.42. The zero-order chi connectivity index (χ0) is 19.4. The summed E-state index contributed by atoms with van der Waals surface area (Å²) in [5.74, 6) is -0.124. The first-order chi connectivity index (χ1) is 12.9. The van der Waals surface area contributed by atoms with Crippen molar-refractivity contribution in [1.82, 2.24) is 4.90 Å². The Morgan fingerprint density at radius 2 is 1.81 bits per heavy atom. The van der Waals surface area contributed by atoms with E-state index in [0.717, 1.165) is 42.5 Å². The van der Waals surface area contributed by atoms with E-state index in [1.807, 2.05) is 38.4 Å². The largest absolute Gasteiger partial charge is 0.385 e. The van der Waals surface area contributed by atoms with Gasteiger partial charge in [0.15, 0.2) is 0 Å². The molecule has 2 aromatic rings. The summed E-state index contributed by atoms with van der Waals surface area (Å²) in [6, 6.07) is 14.2. The van der Waals surface area contributed by atoms with E-state index in [2.05, 4.69) is 11.0 Å². The van der Waals surface area contributed by atoms with Crippen molar-refractivity contribution in [2.45, 2.75) is 31.3 Å². The fraction of sp³-hybridized carbons (Fsp3) is 0.391. The summed E-state index contributed by atoms with van der Waals surface area (Å²) in [5, 5.41) is 12.6. The molecule has 1 fully saturated rings. The van der Waals surface area contributed by atoms with E-state index < -0.39 is 5.60 Å². The zero-order valence-corrected chi connectivity index (χ0v) is 16.7. The van der Waals surface area contributed by atoms with E-state index in [9.17, 15) is 9.50 Å². The van der Waals surface area contributed by atoms with Gasteiger partial charge in [0.2, 0.25) is 0 Å². The number of hydrogen-bond donors (Lipinski definition) is 1. The van der Waals surface area contributed by atoms with Gasteiger partial charge in [-0.3, -0.25) is 0 Å². The van der Waals surface area contributed by atoms with Crippen LogP contribution >= 0.6 is 11.6 Å². The van der Waals surface area contributed by atoms with E-state index in [1.54, 1.807) is 12.1 Å². The van der Waals surface area contributed by atoms with Crippen LogP contribution in [0.1, 0.15) is 30.4 Å². The lowest BCUT2D eigenvalue weighted by molar-refractivity contribution is -0.0123. The third kappa shape index (κ3) is 4.98. The lowest BCUT2D eigenvalue weighted by Gasteiger charge is -2.43. The van der Waals surface area contributed by atoms with Crippen LogP contribution in [-0.2, 0) is 6.42 Å². The molecule has 2 unspecified atom stereocenters. The van der Waals surface area contributed by atoms with Crippen LogP contribution in [0, 0.1) is 11.7 Å². The van der Waals surface area contributed by atoms with Crippen LogP contribution in [0.2, 0.25) is 5.02 Å². The molecule has 1 N–H and O–H groups in total. The van der Waals surface area contributed by atoms with Crippen molar-refractivity contribution in [3.05, 3.63) is 76.1 Å². The highest BCUT2D eigenvalue weighted by Crippen LogP contribution is 2.41. The van der Waals surface area contributed by atoms with Gasteiger partial charge in [0.1, 0.15) is 5.82 Å². The molecule has 0 heterocycles. The maximum Gasteiger partial charge on any atom is 0.123 e. The predicted molar refractivity (Wildman–Crippen MR) is 110 cm³/mol. The van der Waals surface area contributed by atoms with Gasteiger partial charge in [-0.25, -0.2) is 4.39 Å². The molecular formula is C23H27ClFNO. The third-order valence-electron chi connectivity index (χ3n) is 5.41. The second-order valence-corrected chi connectivity index (χ2v) is 8.24. The van der Waals surface area contributed by atoms with Gasteiger partial charge in [-0.15, -0.1) is 0 Å². The lowest BCUT2D eigenvalue weighted by atomic mass is 9.68. The number of hydrogen-bond acceptors (Lipinski definition) is 2. The fourth-order valence-electron chi connectivity index (χ4n) is 4.07. The third-order valence-corrected chi connectivity index (χ3v) is 5.67. The number of rotatable bonds is 5. The molecule has 144 valence electrons. The van der Waals surface area contributed by atoms with Crippen molar-refractivity contribution in [3.63, 3.8) is 0 Å². The maximum atomic E-state index is 13.3. The summed E-state index contributed by atoms with van der Waals surface area (Å²) in [5.41, 5.74) is 2.09. The van der Waals surface area contributed by atoms with Gasteiger partial charge in [-0.1, -0.05) is 41.9 Å². The second-order valence-electron chi connectivity index (χ2n) is 7.80. The molecule has 3 rings (SSSR count). The van der Waals surface area contributed by atoms with Crippen molar-refractivity contribution in [2.75, 3.05) is 20.6 Å². The van der Waals surface area contributed by atoms with Gasteiger partial charge in [0, 0.05) is 23.9 Å². The lowest BCUT2D eigenvalue weighted by Crippen LogP contribution is -2.48. The molecule has 0 aliphatic heterocycles. The molecule has 1 saturated carbocycles. The Kier molecular flexibility index (Phi) is 6.36. The fourth-order valence-corrected chi connectivity index (χ4v) is 4.19. The van der Waals surface area contributed by atoms with E-state index in [-0.39, 0.29) is 11.7 Å². The Labute approximate surface area is 166 Å². The first-order valence-electron chi connectivity index (χ1n) is 9.45. The Morgan fingerprint density at radius 1 is 1.15 bits per heavy atom. The second kappa shape index (κ2) is 8.55. The molecule has 4 heteroatoms. The molecule has 2 nitrogen and oxygen atoms in total. The van der Waals surface area contributed by atoms with E-state index in [0.29, 0.717) is 11.4 Å². The number of aliphatic hydroxyl groups is 1. The number of nitrogens with zero attached hydrogens (tertiary/aromatic N) is 1. The van der Waals surface area contributed by atoms with Crippen molar-refractivity contribution >= 4 is 17.7 Å². The first kappa shape index (κ1) is 20.1. The Balaban J connectivity index is 1.97. The van der Waals surface area contributed by atoms with Gasteiger partial charge in [-0.2, -0.15) is 0 Å². The van der Waals surface area contributed by atoms with Crippen LogP contribution in [0.25, 0.3) is 6.08 Å². The van der Waals surface area contributed by atoms with Crippen LogP contribution in [0.4, 0.5) is 4.39 Å². The van der Waals surface area contributed by atoms with Gasteiger partial charge in [0.05, 0.1) is 5.60 Å². The highest BCUT2D eigenvalue weighted by atomic mass is 35.5. The Bertz CT molecular complexity index is 785. The number of halogens is 2. The quantitative estimate of drug-likeness (QED) is 0.762. The van der Waals surface area contributed by atoms with Crippen LogP contribution in [-0.4, -0.2) is 36.2 Å². The van der Waals surface area contributed by atoms with Crippen molar-refractivity contribution in [2.24, 2.45) is 5.92 Å². The van der Waals surface area contributed by atoms with E-state index in [1.165, 1.54) is 12.1 Å². The molecule has 2 aromatic carbocycles. The molecule has 0 bridgehead atoms. The topological polar surface area (TPSA) is 23.5 Å². The molecule has 27 heavy (non-hydrogen) atoms. The minimum atomic E-state index is -0.944. The molecule has 0 spiro atoms. The SMILES string of the molecule is CN(C)CC1CCC/C(=C\c2ccc(Cl)cc2)C1(O)Cc1ccc(F)cc1. The molecule has 0 saturated heterocycles. The average Bonchev–Trinajstić information content (AvgIpc) is 2.62. The highest BCUT2D eigenvalue weighted by molar-refractivity contribution is 6.30. The van der Waals surface area contributed by atoms with Crippen LogP contribution in [0.15, 0.2) is 54.1 Å². The summed E-state index contributed by atoms with van der Waals surface area (Å²) < 4.78 is 13.3. The molecule has 0 amide bonds. The first-order valence-corrected chi connectivity index (χ1v) is 9.83. The van der Waals surface area contributed by atoms with E-state index >= 15 is 0 Å². The maximum absolute atomic E-state index is 13.3. The zero-order valence-electron chi connectivity index (χ0n) is 16.0. The minimum Gasteiger partial charge on any atom is -0.385 e. The monoisotopic (exact) mass is 387 g/mol. The summed E-state index contributed by atoms with van der Waals surface area (Å²) in [4.78, 5) is 2.13. The van der Waals surface area contributed by atoms with E-state index in [4.69, 9.17) is 11.6 Å². The molecule has 0 aromatic heterocycles. The van der Waals surface area contributed by atoms with Crippen molar-refractivity contribution in [1.29, 1.82) is 0 Å². The Morgan fingerprint density at radius 3 is 2.44 bits per heavy atom. The smallest absolute Gasteiger partial charge is 0.123 e. The molecule has 1 aliphatic carbocycles. The standard InChI is InChI=1S/C23H27ClFNO/c1-26(2)16-20-5-3-4-19(14-17-6-10-21(24)11-7-17)23(20,27)15-18-8-12-22(25)13-9-18/h6-14,20,27H,3-5,15-16H2,1-2H3/b19-14+. The minimum absolute atomic E-state index is 0.129. The number of benzene rings is 2. The summed E-state index contributed by atoms with van der Waals surface area (Å²) in [6.45, 7) is 0.815. The summed E-state index contributed by atoms with van der Waals surface area (Å²) >= 11 is 6.00. The van der Waals surface area contributed by atoms with Crippen LogP contribution in [0.3, 0.4) is 0 Å². The van der Waals surface area contributed by atoms with Crippen LogP contribution in [0.5, 0.6) is 0 Å². The van der Waals surface area contributed by atoms with Gasteiger partial charge in [0.25, 0.3) is 0 Å². The predicted octanol–water partition coefficient (Wildman–Crippen LogP) is 5.20. The normalized spacial score (nSPS) is 24.5. The summed E-state index contributed by atoms with van der Waals surface area (Å²) in [6.07, 6.45) is 5.49. The van der Waals surface area contributed by atoms with Gasteiger partial charge < -0.3 is 10.0 Å². The molecule has 2 atom stereocenters. The average molecular weight is 388 g/mol. The van der Waals surface area contributed by atoms with Gasteiger partial charge >= 0.3 is 0 Å². The molecule has 0 radical (unpaired) electrons. The van der Waals surface area contributed by atoms with Gasteiger partial charge in [-0.05, 0) is 74.3 Å².